The molecule has 0 saturated carbocycles. The second-order valence-electron chi connectivity index (χ2n) is 3.68. The molecular weight excluding hydrogens is 242 g/mol. The Kier molecular flexibility index (Phi) is 5.42. The summed E-state index contributed by atoms with van der Waals surface area (Å²) in [4.78, 5) is 22.7. The monoisotopic (exact) mass is 256 g/mol. The Balaban J connectivity index is 2.65. The highest BCUT2D eigenvalue weighted by Gasteiger charge is 2.16. The number of rotatable bonds is 6. The molecule has 3 nitrogen and oxygen atoms in total. The molecule has 5 heteroatoms. The summed E-state index contributed by atoms with van der Waals surface area (Å²) in [5.41, 5.74) is 0.907. The Morgan fingerprint density at radius 1 is 1.22 bits per heavy atom. The van der Waals surface area contributed by atoms with E-state index < -0.39 is 18.2 Å². The third-order valence-corrected chi connectivity index (χ3v) is 2.33. The van der Waals surface area contributed by atoms with Crippen LogP contribution in [-0.2, 0) is 16.0 Å². The molecule has 1 aromatic carbocycles. The second-order valence-corrected chi connectivity index (χ2v) is 3.68. The van der Waals surface area contributed by atoms with E-state index in [9.17, 15) is 18.4 Å². The van der Waals surface area contributed by atoms with Crippen molar-refractivity contribution in [2.24, 2.45) is 0 Å². The Labute approximate surface area is 104 Å². The van der Waals surface area contributed by atoms with E-state index in [1.807, 2.05) is 0 Å². The predicted octanol–water partition coefficient (Wildman–Crippen LogP) is 2.63. The molecule has 0 aliphatic heterocycles. The summed E-state index contributed by atoms with van der Waals surface area (Å²) in [6.45, 7) is 1.75. The zero-order valence-corrected chi connectivity index (χ0v) is 9.99. The minimum absolute atomic E-state index is 0.136. The maximum absolute atomic E-state index is 12.0. The fourth-order valence-corrected chi connectivity index (χ4v) is 1.41. The number of ketones is 1. The summed E-state index contributed by atoms with van der Waals surface area (Å²) in [7, 11) is 0. The molecule has 0 aliphatic carbocycles. The first-order valence-corrected chi connectivity index (χ1v) is 5.63. The molecule has 18 heavy (non-hydrogen) atoms. The van der Waals surface area contributed by atoms with Crippen LogP contribution in [0.25, 0.3) is 0 Å². The van der Waals surface area contributed by atoms with E-state index in [0.29, 0.717) is 5.56 Å². The molecule has 0 saturated heterocycles. The highest BCUT2D eigenvalue weighted by molar-refractivity contribution is 6.40. The van der Waals surface area contributed by atoms with Gasteiger partial charge in [0.05, 0.1) is 6.61 Å². The van der Waals surface area contributed by atoms with Crippen molar-refractivity contribution in [2.45, 2.75) is 26.2 Å². The minimum Gasteiger partial charge on any atom is -0.460 e. The number of benzene rings is 1. The third kappa shape index (κ3) is 4.24. The van der Waals surface area contributed by atoms with Crippen LogP contribution in [0.15, 0.2) is 24.3 Å². The molecule has 0 atom stereocenters. The zero-order valence-electron chi connectivity index (χ0n) is 9.99. The highest BCUT2D eigenvalue weighted by atomic mass is 19.3. The van der Waals surface area contributed by atoms with Gasteiger partial charge >= 0.3 is 5.97 Å². The van der Waals surface area contributed by atoms with E-state index in [0.717, 1.165) is 0 Å². The molecule has 0 heterocycles. The molecule has 1 rings (SSSR count). The van der Waals surface area contributed by atoms with Crippen LogP contribution in [0.5, 0.6) is 0 Å². The van der Waals surface area contributed by atoms with Gasteiger partial charge in [0.25, 0.3) is 5.78 Å². The van der Waals surface area contributed by atoms with Gasteiger partial charge in [-0.3, -0.25) is 4.79 Å². The summed E-state index contributed by atoms with van der Waals surface area (Å²) in [6, 6.07) is 6.02. The fourth-order valence-electron chi connectivity index (χ4n) is 1.41. The molecule has 0 bridgehead atoms. The maximum Gasteiger partial charge on any atom is 0.379 e. The lowest BCUT2D eigenvalue weighted by atomic mass is 10.1. The first-order chi connectivity index (χ1) is 8.54. The van der Waals surface area contributed by atoms with E-state index in [2.05, 4.69) is 4.74 Å². The van der Waals surface area contributed by atoms with Gasteiger partial charge in [0, 0.05) is 12.0 Å². The van der Waals surface area contributed by atoms with Crippen molar-refractivity contribution in [3.63, 3.8) is 0 Å². The summed E-state index contributed by atoms with van der Waals surface area (Å²) < 4.78 is 28.6. The van der Waals surface area contributed by atoms with Crippen molar-refractivity contribution in [3.8, 4) is 0 Å². The van der Waals surface area contributed by atoms with Crippen LogP contribution in [-0.4, -0.2) is 24.8 Å². The van der Waals surface area contributed by atoms with Crippen LogP contribution in [0.1, 0.15) is 29.3 Å². The Morgan fingerprint density at radius 3 is 2.33 bits per heavy atom. The summed E-state index contributed by atoms with van der Waals surface area (Å²) in [5.74, 6) is -1.63. The quantitative estimate of drug-likeness (QED) is 0.446. The van der Waals surface area contributed by atoms with E-state index in [4.69, 9.17) is 0 Å². The van der Waals surface area contributed by atoms with Crippen LogP contribution in [0.3, 0.4) is 0 Å². The molecule has 0 aliphatic rings. The van der Waals surface area contributed by atoms with Crippen molar-refractivity contribution >= 4 is 11.8 Å². The number of hydrogen-bond acceptors (Lipinski definition) is 3. The minimum atomic E-state index is -2.34. The molecule has 0 N–H and O–H groups in total. The summed E-state index contributed by atoms with van der Waals surface area (Å²) >= 11 is 0. The molecule has 0 radical (unpaired) electrons. The van der Waals surface area contributed by atoms with E-state index >= 15 is 0 Å². The number of hydrogen-bond donors (Lipinski definition) is 0. The zero-order chi connectivity index (χ0) is 13.5. The Bertz CT molecular complexity index is 413. The molecule has 0 fully saturated rings. The van der Waals surface area contributed by atoms with Crippen LogP contribution in [0.2, 0.25) is 0 Å². The number of alkyl halides is 2. The average Bonchev–Trinajstić information content (AvgIpc) is 2.36. The lowest BCUT2D eigenvalue weighted by Gasteiger charge is -2.03. The fraction of sp³-hybridized carbons (Fsp3) is 0.385. The maximum atomic E-state index is 12.0. The van der Waals surface area contributed by atoms with Gasteiger partial charge in [-0.2, -0.15) is 0 Å². The summed E-state index contributed by atoms with van der Waals surface area (Å²) in [5, 5.41) is 0. The number of carbonyl (C=O) groups excluding carboxylic acids is 2. The van der Waals surface area contributed by atoms with Crippen molar-refractivity contribution in [1.29, 1.82) is 0 Å². The van der Waals surface area contributed by atoms with E-state index in [1.165, 1.54) is 12.1 Å². The molecule has 0 amide bonds. The normalized spacial score (nSPS) is 10.4. The standard InChI is InChI=1S/C13H14F2O3/c1-2-18-13(17)12(16)10-6-3-9(4-7-10)5-8-11(14)15/h3-4,6-7,11H,2,5,8H2,1H3. The third-order valence-electron chi connectivity index (χ3n) is 2.33. The SMILES string of the molecule is CCOC(=O)C(=O)c1ccc(CCC(F)F)cc1. The molecule has 0 spiro atoms. The molecule has 0 aromatic heterocycles. The van der Waals surface area contributed by atoms with Crippen LogP contribution < -0.4 is 0 Å². The van der Waals surface area contributed by atoms with Gasteiger partial charge in [-0.1, -0.05) is 24.3 Å². The van der Waals surface area contributed by atoms with Gasteiger partial charge in [-0.25, -0.2) is 13.6 Å². The number of aryl methyl sites for hydroxylation is 1. The van der Waals surface area contributed by atoms with Gasteiger partial charge in [-0.05, 0) is 18.9 Å². The van der Waals surface area contributed by atoms with Crippen molar-refractivity contribution < 1.29 is 23.1 Å². The largest absolute Gasteiger partial charge is 0.460 e. The molecule has 98 valence electrons. The number of ether oxygens (including phenoxy) is 1. The van der Waals surface area contributed by atoms with Crippen LogP contribution in [0.4, 0.5) is 8.78 Å². The van der Waals surface area contributed by atoms with Crippen molar-refractivity contribution in [2.75, 3.05) is 6.61 Å². The van der Waals surface area contributed by atoms with Crippen LogP contribution >= 0.6 is 0 Å². The number of carbonyl (C=O) groups is 2. The topological polar surface area (TPSA) is 43.4 Å². The lowest BCUT2D eigenvalue weighted by molar-refractivity contribution is -0.137. The van der Waals surface area contributed by atoms with Crippen molar-refractivity contribution in [3.05, 3.63) is 35.4 Å². The predicted molar refractivity (Wildman–Crippen MR) is 61.7 cm³/mol. The number of esters is 1. The first-order valence-electron chi connectivity index (χ1n) is 5.63. The van der Waals surface area contributed by atoms with Crippen molar-refractivity contribution in [1.82, 2.24) is 0 Å². The lowest BCUT2D eigenvalue weighted by Crippen LogP contribution is -2.17. The van der Waals surface area contributed by atoms with E-state index in [-0.39, 0.29) is 25.0 Å². The number of halogens is 2. The van der Waals surface area contributed by atoms with E-state index in [1.54, 1.807) is 19.1 Å². The molecule has 1 aromatic rings. The summed E-state index contributed by atoms with van der Waals surface area (Å²) in [6.07, 6.45) is -2.32. The van der Waals surface area contributed by atoms with Gasteiger partial charge in [-0.15, -0.1) is 0 Å². The van der Waals surface area contributed by atoms with Gasteiger partial charge in [0.15, 0.2) is 0 Å². The molecular formula is C13H14F2O3. The van der Waals surface area contributed by atoms with Crippen LogP contribution in [0, 0.1) is 0 Å². The molecule has 0 unspecified atom stereocenters. The highest BCUT2D eigenvalue weighted by Crippen LogP contribution is 2.11. The Morgan fingerprint density at radius 2 is 1.83 bits per heavy atom. The van der Waals surface area contributed by atoms with Gasteiger partial charge in [0.2, 0.25) is 6.43 Å². The van der Waals surface area contributed by atoms with Gasteiger partial charge in [0.1, 0.15) is 0 Å². The average molecular weight is 256 g/mol. The van der Waals surface area contributed by atoms with Gasteiger partial charge < -0.3 is 4.74 Å². The number of Topliss-reactive ketones (excluding diaryl/α,β-unsaturated/α-hetero) is 1. The second kappa shape index (κ2) is 6.83. The Hall–Kier alpha value is -1.78. The smallest absolute Gasteiger partial charge is 0.379 e. The first kappa shape index (κ1) is 14.3.